The standard InChI is InChI=1S/C21H17F3N4O2/c22-21(23,24)17-18(13-5-6-15-16(9-13)30-10-29-15)27-20(28-19(17)25)26-14-7-11-3-1-2-4-12(11)8-14/h1-6,9,14H,7-8,10H2,(H3,25,26,27,28). The third kappa shape index (κ3) is 3.26. The smallest absolute Gasteiger partial charge is 0.422 e. The van der Waals surface area contributed by atoms with E-state index in [2.05, 4.69) is 15.3 Å². The van der Waals surface area contributed by atoms with E-state index in [4.69, 9.17) is 15.2 Å². The zero-order valence-electron chi connectivity index (χ0n) is 15.7. The van der Waals surface area contributed by atoms with Gasteiger partial charge in [-0.05, 0) is 42.2 Å². The molecule has 3 N–H and O–H groups in total. The summed E-state index contributed by atoms with van der Waals surface area (Å²) < 4.78 is 51.8. The molecule has 5 rings (SSSR count). The number of rotatable bonds is 3. The zero-order valence-corrected chi connectivity index (χ0v) is 15.7. The summed E-state index contributed by atoms with van der Waals surface area (Å²) >= 11 is 0. The molecule has 2 heterocycles. The maximum absolute atomic E-state index is 13.7. The first kappa shape index (κ1) is 18.5. The van der Waals surface area contributed by atoms with Gasteiger partial charge in [-0.3, -0.25) is 0 Å². The molecular formula is C21H17F3N4O2. The summed E-state index contributed by atoms with van der Waals surface area (Å²) in [6.45, 7) is 0.0197. The van der Waals surface area contributed by atoms with E-state index in [0.29, 0.717) is 11.5 Å². The van der Waals surface area contributed by atoms with Crippen LogP contribution in [0.5, 0.6) is 11.5 Å². The molecule has 30 heavy (non-hydrogen) atoms. The summed E-state index contributed by atoms with van der Waals surface area (Å²) in [5.74, 6) is 0.268. The fraction of sp³-hybridized carbons (Fsp3) is 0.238. The van der Waals surface area contributed by atoms with Crippen molar-refractivity contribution in [2.24, 2.45) is 0 Å². The van der Waals surface area contributed by atoms with E-state index >= 15 is 0 Å². The number of hydrogen-bond acceptors (Lipinski definition) is 6. The minimum Gasteiger partial charge on any atom is -0.454 e. The van der Waals surface area contributed by atoms with Gasteiger partial charge in [-0.1, -0.05) is 24.3 Å². The van der Waals surface area contributed by atoms with Crippen molar-refractivity contribution in [3.63, 3.8) is 0 Å². The number of hydrogen-bond donors (Lipinski definition) is 2. The van der Waals surface area contributed by atoms with Gasteiger partial charge >= 0.3 is 6.18 Å². The maximum Gasteiger partial charge on any atom is 0.422 e. The third-order valence-electron chi connectivity index (χ3n) is 5.25. The average molecular weight is 414 g/mol. The molecule has 0 fully saturated rings. The van der Waals surface area contributed by atoms with Crippen LogP contribution in [-0.2, 0) is 19.0 Å². The molecule has 0 radical (unpaired) electrons. The molecule has 0 spiro atoms. The Kier molecular flexibility index (Phi) is 4.19. The Morgan fingerprint density at radius 2 is 1.67 bits per heavy atom. The molecule has 2 aromatic carbocycles. The number of benzene rings is 2. The lowest BCUT2D eigenvalue weighted by Crippen LogP contribution is -2.23. The minimum absolute atomic E-state index is 0.0197. The highest BCUT2D eigenvalue weighted by molar-refractivity contribution is 5.72. The van der Waals surface area contributed by atoms with Crippen LogP contribution in [0.25, 0.3) is 11.3 Å². The summed E-state index contributed by atoms with van der Waals surface area (Å²) in [7, 11) is 0. The fourth-order valence-electron chi connectivity index (χ4n) is 3.92. The number of nitrogens with zero attached hydrogens (tertiary/aromatic N) is 2. The second-order valence-corrected chi connectivity index (χ2v) is 7.24. The monoisotopic (exact) mass is 414 g/mol. The molecule has 2 aliphatic rings. The van der Waals surface area contributed by atoms with Gasteiger partial charge in [-0.2, -0.15) is 18.2 Å². The Balaban J connectivity index is 1.53. The molecular weight excluding hydrogens is 397 g/mol. The summed E-state index contributed by atoms with van der Waals surface area (Å²) in [6.07, 6.45) is -3.24. The Morgan fingerprint density at radius 1 is 0.967 bits per heavy atom. The highest BCUT2D eigenvalue weighted by atomic mass is 19.4. The number of anilines is 2. The quantitative estimate of drug-likeness (QED) is 0.673. The number of alkyl halides is 3. The summed E-state index contributed by atoms with van der Waals surface area (Å²) in [5.41, 5.74) is 7.00. The minimum atomic E-state index is -4.71. The van der Waals surface area contributed by atoms with Crippen molar-refractivity contribution in [2.75, 3.05) is 17.8 Å². The van der Waals surface area contributed by atoms with E-state index in [9.17, 15) is 13.2 Å². The van der Waals surface area contributed by atoms with E-state index in [-0.39, 0.29) is 30.0 Å². The van der Waals surface area contributed by atoms with Gasteiger partial charge in [-0.15, -0.1) is 0 Å². The van der Waals surface area contributed by atoms with E-state index in [1.54, 1.807) is 6.07 Å². The van der Waals surface area contributed by atoms with Crippen LogP contribution in [0.15, 0.2) is 42.5 Å². The van der Waals surface area contributed by atoms with E-state index in [0.717, 1.165) is 12.8 Å². The topological polar surface area (TPSA) is 82.3 Å². The van der Waals surface area contributed by atoms with E-state index in [1.165, 1.54) is 23.3 Å². The number of aromatic nitrogens is 2. The van der Waals surface area contributed by atoms with Gasteiger partial charge in [0.1, 0.15) is 11.4 Å². The number of nitrogens with one attached hydrogen (secondary N) is 1. The molecule has 9 heteroatoms. The first-order chi connectivity index (χ1) is 14.4. The Bertz CT molecular complexity index is 1110. The summed E-state index contributed by atoms with van der Waals surface area (Å²) in [4.78, 5) is 8.11. The molecule has 154 valence electrons. The number of halogens is 3. The predicted octanol–water partition coefficient (Wildman–Crippen LogP) is 4.05. The van der Waals surface area contributed by atoms with Crippen molar-refractivity contribution in [3.05, 3.63) is 59.2 Å². The molecule has 0 amide bonds. The second-order valence-electron chi connectivity index (χ2n) is 7.24. The van der Waals surface area contributed by atoms with Gasteiger partial charge in [0.05, 0.1) is 5.69 Å². The normalized spacial score (nSPS) is 15.3. The van der Waals surface area contributed by atoms with E-state index < -0.39 is 17.6 Å². The lowest BCUT2D eigenvalue weighted by molar-refractivity contribution is -0.136. The molecule has 0 atom stereocenters. The molecule has 1 aromatic heterocycles. The average Bonchev–Trinajstić information content (AvgIpc) is 3.31. The van der Waals surface area contributed by atoms with Gasteiger partial charge in [0, 0.05) is 11.6 Å². The lowest BCUT2D eigenvalue weighted by atomic mass is 10.1. The second kappa shape index (κ2) is 6.79. The fourth-order valence-corrected chi connectivity index (χ4v) is 3.92. The number of ether oxygens (including phenoxy) is 2. The molecule has 0 unspecified atom stereocenters. The first-order valence-electron chi connectivity index (χ1n) is 9.36. The Hall–Kier alpha value is -3.49. The zero-order chi connectivity index (χ0) is 20.9. The highest BCUT2D eigenvalue weighted by Crippen LogP contribution is 2.42. The Labute approximate surface area is 169 Å². The van der Waals surface area contributed by atoms with Crippen LogP contribution in [0, 0.1) is 0 Å². The van der Waals surface area contributed by atoms with Crippen LogP contribution in [0.3, 0.4) is 0 Å². The number of nitrogens with two attached hydrogens (primary N) is 1. The predicted molar refractivity (Wildman–Crippen MR) is 104 cm³/mol. The van der Waals surface area contributed by atoms with Crippen LogP contribution < -0.4 is 20.5 Å². The van der Waals surface area contributed by atoms with Crippen LogP contribution in [0.2, 0.25) is 0 Å². The lowest BCUT2D eigenvalue weighted by Gasteiger charge is -2.18. The van der Waals surface area contributed by atoms with Crippen molar-refractivity contribution in [3.8, 4) is 22.8 Å². The van der Waals surface area contributed by atoms with Crippen molar-refractivity contribution < 1.29 is 22.6 Å². The van der Waals surface area contributed by atoms with E-state index in [1.807, 2.05) is 24.3 Å². The third-order valence-corrected chi connectivity index (χ3v) is 5.25. The number of nitrogen functional groups attached to an aromatic ring is 1. The van der Waals surface area contributed by atoms with Crippen LogP contribution in [-0.4, -0.2) is 22.8 Å². The van der Waals surface area contributed by atoms with Crippen molar-refractivity contribution >= 4 is 11.8 Å². The first-order valence-corrected chi connectivity index (χ1v) is 9.36. The van der Waals surface area contributed by atoms with Gasteiger partial charge in [0.2, 0.25) is 12.7 Å². The van der Waals surface area contributed by atoms with Crippen LogP contribution in [0.4, 0.5) is 24.9 Å². The van der Waals surface area contributed by atoms with Crippen LogP contribution in [0.1, 0.15) is 16.7 Å². The SMILES string of the molecule is Nc1nc(NC2Cc3ccccc3C2)nc(-c2ccc3c(c2)OCO3)c1C(F)(F)F. The molecule has 6 nitrogen and oxygen atoms in total. The summed E-state index contributed by atoms with van der Waals surface area (Å²) in [6, 6.07) is 12.5. The molecule has 0 saturated heterocycles. The highest BCUT2D eigenvalue weighted by Gasteiger charge is 2.39. The van der Waals surface area contributed by atoms with Gasteiger partial charge in [0.15, 0.2) is 11.5 Å². The van der Waals surface area contributed by atoms with Crippen molar-refractivity contribution in [1.82, 2.24) is 9.97 Å². The van der Waals surface area contributed by atoms with Crippen molar-refractivity contribution in [2.45, 2.75) is 25.1 Å². The van der Waals surface area contributed by atoms with Gasteiger partial charge in [-0.25, -0.2) is 4.98 Å². The molecule has 3 aromatic rings. The van der Waals surface area contributed by atoms with Gasteiger partial charge < -0.3 is 20.5 Å². The number of fused-ring (bicyclic) bond motifs is 2. The molecule has 1 aliphatic heterocycles. The summed E-state index contributed by atoms with van der Waals surface area (Å²) in [5, 5.41) is 3.14. The molecule has 1 aliphatic carbocycles. The van der Waals surface area contributed by atoms with Gasteiger partial charge in [0.25, 0.3) is 0 Å². The largest absolute Gasteiger partial charge is 0.454 e. The molecule has 0 saturated carbocycles. The van der Waals surface area contributed by atoms with Crippen molar-refractivity contribution in [1.29, 1.82) is 0 Å². The Morgan fingerprint density at radius 3 is 2.37 bits per heavy atom. The van der Waals surface area contributed by atoms with Crippen LogP contribution >= 0.6 is 0 Å². The maximum atomic E-state index is 13.7. The molecule has 0 bridgehead atoms.